The molecule has 7 nitrogen and oxygen atoms in total. The van der Waals surface area contributed by atoms with Crippen molar-refractivity contribution in [3.63, 3.8) is 0 Å². The molecule has 25 heavy (non-hydrogen) atoms. The molecule has 1 aromatic heterocycles. The topological polar surface area (TPSA) is 93.7 Å². The maximum atomic E-state index is 12.2. The number of carbonyl (C=O) groups excluding carboxylic acids is 1. The Morgan fingerprint density at radius 1 is 1.20 bits per heavy atom. The van der Waals surface area contributed by atoms with E-state index in [1.54, 1.807) is 24.3 Å². The third-order valence-electron chi connectivity index (χ3n) is 3.40. The average molecular weight is 342 g/mol. The maximum absolute atomic E-state index is 12.2. The van der Waals surface area contributed by atoms with E-state index in [9.17, 15) is 10.1 Å². The number of rotatable bonds is 7. The van der Waals surface area contributed by atoms with Crippen LogP contribution in [0.25, 0.3) is 6.08 Å². The molecule has 0 fully saturated rings. The van der Waals surface area contributed by atoms with Crippen LogP contribution in [0.4, 0.5) is 0 Å². The standard InChI is InChI=1S/C18H18N2O5/c1-22-15-9-17(24-3)16(23-2)8-12(15)7-13(10-19)18(21)20-11-14-5-4-6-25-14/h4-9H,11H2,1-3H3,(H,20,21)/b13-7+. The summed E-state index contributed by atoms with van der Waals surface area (Å²) in [6, 6.07) is 8.60. The fourth-order valence-corrected chi connectivity index (χ4v) is 2.15. The van der Waals surface area contributed by atoms with Crippen molar-refractivity contribution < 1.29 is 23.4 Å². The molecule has 130 valence electrons. The van der Waals surface area contributed by atoms with Gasteiger partial charge in [-0.15, -0.1) is 0 Å². The lowest BCUT2D eigenvalue weighted by Gasteiger charge is -2.12. The van der Waals surface area contributed by atoms with Crippen LogP contribution in [-0.2, 0) is 11.3 Å². The van der Waals surface area contributed by atoms with E-state index in [-0.39, 0.29) is 12.1 Å². The van der Waals surface area contributed by atoms with Crippen molar-refractivity contribution >= 4 is 12.0 Å². The van der Waals surface area contributed by atoms with Crippen LogP contribution in [0.5, 0.6) is 17.2 Å². The maximum Gasteiger partial charge on any atom is 0.262 e. The molecular formula is C18H18N2O5. The van der Waals surface area contributed by atoms with Crippen LogP contribution < -0.4 is 19.5 Å². The quantitative estimate of drug-likeness (QED) is 0.614. The van der Waals surface area contributed by atoms with Gasteiger partial charge in [0.25, 0.3) is 5.91 Å². The van der Waals surface area contributed by atoms with Crippen molar-refractivity contribution in [2.75, 3.05) is 21.3 Å². The molecule has 0 aliphatic heterocycles. The summed E-state index contributed by atoms with van der Waals surface area (Å²) < 4.78 is 20.9. The predicted octanol–water partition coefficient (Wildman–Crippen LogP) is 2.53. The molecule has 0 saturated carbocycles. The van der Waals surface area contributed by atoms with Crippen molar-refractivity contribution in [2.24, 2.45) is 0 Å². The highest BCUT2D eigenvalue weighted by Gasteiger charge is 2.14. The van der Waals surface area contributed by atoms with Gasteiger partial charge in [-0.2, -0.15) is 5.26 Å². The molecule has 7 heteroatoms. The Morgan fingerprint density at radius 2 is 1.88 bits per heavy atom. The number of nitrogens with zero attached hydrogens (tertiary/aromatic N) is 1. The zero-order valence-corrected chi connectivity index (χ0v) is 14.2. The van der Waals surface area contributed by atoms with E-state index >= 15 is 0 Å². The number of amides is 1. The highest BCUT2D eigenvalue weighted by atomic mass is 16.5. The van der Waals surface area contributed by atoms with Crippen LogP contribution in [0, 0.1) is 11.3 Å². The van der Waals surface area contributed by atoms with Gasteiger partial charge in [0.05, 0.1) is 34.1 Å². The van der Waals surface area contributed by atoms with Crippen LogP contribution in [0.2, 0.25) is 0 Å². The van der Waals surface area contributed by atoms with Gasteiger partial charge in [-0.3, -0.25) is 4.79 Å². The SMILES string of the molecule is COc1cc(OC)c(OC)cc1/C=C(\C#N)C(=O)NCc1ccco1. The summed E-state index contributed by atoms with van der Waals surface area (Å²) >= 11 is 0. The normalized spacial score (nSPS) is 10.7. The first kappa shape index (κ1) is 17.9. The molecule has 0 spiro atoms. The minimum atomic E-state index is -0.518. The molecule has 0 aliphatic carbocycles. The lowest BCUT2D eigenvalue weighted by molar-refractivity contribution is -0.117. The Morgan fingerprint density at radius 3 is 2.44 bits per heavy atom. The van der Waals surface area contributed by atoms with Crippen molar-refractivity contribution in [3.8, 4) is 23.3 Å². The number of benzene rings is 1. The third-order valence-corrected chi connectivity index (χ3v) is 3.40. The van der Waals surface area contributed by atoms with Gasteiger partial charge in [0, 0.05) is 11.6 Å². The second kappa shape index (κ2) is 8.45. The fraction of sp³-hybridized carbons (Fsp3) is 0.222. The van der Waals surface area contributed by atoms with Crippen molar-refractivity contribution in [2.45, 2.75) is 6.54 Å². The minimum absolute atomic E-state index is 0.0722. The van der Waals surface area contributed by atoms with E-state index in [0.717, 1.165) is 0 Å². The summed E-state index contributed by atoms with van der Waals surface area (Å²) in [4.78, 5) is 12.2. The lowest BCUT2D eigenvalue weighted by atomic mass is 10.1. The van der Waals surface area contributed by atoms with Gasteiger partial charge in [0.2, 0.25) is 0 Å². The Hall–Kier alpha value is -3.40. The molecule has 1 N–H and O–H groups in total. The number of methoxy groups -OCH3 is 3. The molecule has 0 atom stereocenters. The Kier molecular flexibility index (Phi) is 6.07. The number of nitrogens with one attached hydrogen (secondary N) is 1. The van der Waals surface area contributed by atoms with E-state index in [1.165, 1.54) is 33.7 Å². The smallest absolute Gasteiger partial charge is 0.262 e. The molecule has 0 aliphatic rings. The zero-order chi connectivity index (χ0) is 18.2. The van der Waals surface area contributed by atoms with Crippen molar-refractivity contribution in [3.05, 3.63) is 47.4 Å². The molecule has 2 rings (SSSR count). The van der Waals surface area contributed by atoms with E-state index in [2.05, 4.69) is 5.32 Å². The zero-order valence-electron chi connectivity index (χ0n) is 14.2. The monoisotopic (exact) mass is 342 g/mol. The van der Waals surface area contributed by atoms with Crippen LogP contribution in [0.15, 0.2) is 40.5 Å². The number of ether oxygens (including phenoxy) is 3. The largest absolute Gasteiger partial charge is 0.496 e. The number of nitriles is 1. The number of hydrogen-bond acceptors (Lipinski definition) is 6. The van der Waals surface area contributed by atoms with Crippen LogP contribution >= 0.6 is 0 Å². The summed E-state index contributed by atoms with van der Waals surface area (Å²) in [6.07, 6.45) is 2.94. The first-order valence-corrected chi connectivity index (χ1v) is 7.35. The molecule has 0 bridgehead atoms. The highest BCUT2D eigenvalue weighted by Crippen LogP contribution is 2.35. The van der Waals surface area contributed by atoms with Crippen molar-refractivity contribution in [1.29, 1.82) is 5.26 Å². The molecule has 0 unspecified atom stereocenters. The second-order valence-electron chi connectivity index (χ2n) is 4.88. The van der Waals surface area contributed by atoms with Gasteiger partial charge in [0.15, 0.2) is 11.5 Å². The van der Waals surface area contributed by atoms with Gasteiger partial charge in [-0.1, -0.05) is 0 Å². The van der Waals surface area contributed by atoms with Gasteiger partial charge in [0.1, 0.15) is 23.2 Å². The van der Waals surface area contributed by atoms with Crippen molar-refractivity contribution in [1.82, 2.24) is 5.32 Å². The molecule has 1 aromatic carbocycles. The average Bonchev–Trinajstić information content (AvgIpc) is 3.16. The number of hydrogen-bond donors (Lipinski definition) is 1. The Labute approximate surface area is 145 Å². The summed E-state index contributed by atoms with van der Waals surface area (Å²) in [7, 11) is 4.50. The van der Waals surface area contributed by atoms with Gasteiger partial charge in [-0.05, 0) is 24.3 Å². The second-order valence-corrected chi connectivity index (χ2v) is 4.88. The minimum Gasteiger partial charge on any atom is -0.496 e. The first-order valence-electron chi connectivity index (χ1n) is 7.35. The predicted molar refractivity (Wildman–Crippen MR) is 90.2 cm³/mol. The highest BCUT2D eigenvalue weighted by molar-refractivity contribution is 6.02. The molecule has 0 saturated heterocycles. The Bertz CT molecular complexity index is 804. The first-order chi connectivity index (χ1) is 12.1. The number of carbonyl (C=O) groups is 1. The van der Waals surface area contributed by atoms with E-state index in [4.69, 9.17) is 18.6 Å². The van der Waals surface area contributed by atoms with Gasteiger partial charge < -0.3 is 23.9 Å². The fourth-order valence-electron chi connectivity index (χ4n) is 2.15. The molecule has 2 aromatic rings. The van der Waals surface area contributed by atoms with E-state index in [0.29, 0.717) is 28.6 Å². The van der Waals surface area contributed by atoms with E-state index in [1.807, 2.05) is 6.07 Å². The van der Waals surface area contributed by atoms with Gasteiger partial charge in [-0.25, -0.2) is 0 Å². The summed E-state index contributed by atoms with van der Waals surface area (Å²) in [5.74, 6) is 1.47. The molecule has 1 amide bonds. The van der Waals surface area contributed by atoms with Crippen LogP contribution in [0.3, 0.4) is 0 Å². The summed E-state index contributed by atoms with van der Waals surface area (Å²) in [5, 5.41) is 11.9. The Balaban J connectivity index is 2.28. The molecular weight excluding hydrogens is 324 g/mol. The summed E-state index contributed by atoms with van der Waals surface area (Å²) in [6.45, 7) is 0.188. The van der Waals surface area contributed by atoms with Crippen LogP contribution in [0.1, 0.15) is 11.3 Å². The summed E-state index contributed by atoms with van der Waals surface area (Å²) in [5.41, 5.74) is 0.446. The van der Waals surface area contributed by atoms with Crippen LogP contribution in [-0.4, -0.2) is 27.2 Å². The molecule has 1 heterocycles. The number of furan rings is 1. The third kappa shape index (κ3) is 4.32. The van der Waals surface area contributed by atoms with Gasteiger partial charge >= 0.3 is 0 Å². The lowest BCUT2D eigenvalue weighted by Crippen LogP contribution is -2.23. The van der Waals surface area contributed by atoms with E-state index < -0.39 is 5.91 Å². The molecule has 0 radical (unpaired) electrons.